The first-order valence-electron chi connectivity index (χ1n) is 12.0. The number of nitrogens with zero attached hydrogens (tertiary/aromatic N) is 1. The molecule has 0 bridgehead atoms. The number of hydrogen-bond acceptors (Lipinski definition) is 4. The second kappa shape index (κ2) is 11.7. The van der Waals surface area contributed by atoms with Crippen LogP contribution in [0.1, 0.15) is 71.6 Å². The van der Waals surface area contributed by atoms with E-state index in [1.807, 2.05) is 24.3 Å². The van der Waals surface area contributed by atoms with Crippen LogP contribution in [0, 0.1) is 5.92 Å². The molecule has 5 nitrogen and oxygen atoms in total. The summed E-state index contributed by atoms with van der Waals surface area (Å²) in [6, 6.07) is 7.74. The zero-order valence-electron chi connectivity index (χ0n) is 19.0. The number of rotatable bonds is 10. The van der Waals surface area contributed by atoms with Gasteiger partial charge in [-0.2, -0.15) is 0 Å². The van der Waals surface area contributed by atoms with Gasteiger partial charge >= 0.3 is 0 Å². The minimum absolute atomic E-state index is 0.00213. The van der Waals surface area contributed by atoms with Gasteiger partial charge in [-0.3, -0.25) is 4.79 Å². The van der Waals surface area contributed by atoms with Crippen molar-refractivity contribution >= 4 is 11.6 Å². The molecule has 0 spiro atoms. The minimum Gasteiger partial charge on any atom is -0.494 e. The second-order valence-electron chi connectivity index (χ2n) is 9.13. The Morgan fingerprint density at radius 3 is 2.60 bits per heavy atom. The lowest BCUT2D eigenvalue weighted by atomic mass is 9.78. The summed E-state index contributed by atoms with van der Waals surface area (Å²) < 4.78 is 12.0. The standard InChI is InChI=1S/C25H40N2O3/c1-3-18-30-25(14-7-9-21(2)20-25)24(28)26-22-10-12-23(13-11-22)29-19-8-17-27-15-5-4-6-16-27/h10-13,21H,3-9,14-20H2,1-2H3,(H,26,28)/t21-,25+/m1/s1. The molecule has 1 saturated heterocycles. The molecular weight excluding hydrogens is 376 g/mol. The van der Waals surface area contributed by atoms with Crippen LogP contribution in [0.15, 0.2) is 24.3 Å². The molecule has 1 saturated carbocycles. The minimum atomic E-state index is -0.683. The average molecular weight is 417 g/mol. The fourth-order valence-corrected chi connectivity index (χ4v) is 4.74. The lowest BCUT2D eigenvalue weighted by molar-refractivity contribution is -0.148. The SMILES string of the molecule is CCCO[C@@]1(C(=O)Nc2ccc(OCCCN3CCCCC3)cc2)CCC[C@@H](C)C1. The van der Waals surface area contributed by atoms with Crippen molar-refractivity contribution < 1.29 is 14.3 Å². The molecule has 2 fully saturated rings. The van der Waals surface area contributed by atoms with E-state index in [-0.39, 0.29) is 5.91 Å². The summed E-state index contributed by atoms with van der Waals surface area (Å²) >= 11 is 0. The molecule has 0 unspecified atom stereocenters. The summed E-state index contributed by atoms with van der Waals surface area (Å²) in [4.78, 5) is 15.7. The predicted molar refractivity (Wildman–Crippen MR) is 122 cm³/mol. The maximum atomic E-state index is 13.1. The number of piperidine rings is 1. The number of benzene rings is 1. The van der Waals surface area contributed by atoms with Crippen LogP contribution in [0.4, 0.5) is 5.69 Å². The van der Waals surface area contributed by atoms with E-state index in [0.29, 0.717) is 12.5 Å². The summed E-state index contributed by atoms with van der Waals surface area (Å²) in [7, 11) is 0. The molecule has 1 aromatic carbocycles. The van der Waals surface area contributed by atoms with Crippen LogP contribution in [0.5, 0.6) is 5.75 Å². The third kappa shape index (κ3) is 6.71. The highest BCUT2D eigenvalue weighted by Crippen LogP contribution is 2.36. The highest BCUT2D eigenvalue weighted by molar-refractivity contribution is 5.97. The monoisotopic (exact) mass is 416 g/mol. The largest absolute Gasteiger partial charge is 0.494 e. The Kier molecular flexibility index (Phi) is 9.01. The summed E-state index contributed by atoms with van der Waals surface area (Å²) in [5, 5.41) is 3.09. The van der Waals surface area contributed by atoms with Gasteiger partial charge in [-0.05, 0) is 88.2 Å². The molecular formula is C25H40N2O3. The number of hydrogen-bond donors (Lipinski definition) is 1. The molecule has 0 radical (unpaired) electrons. The Balaban J connectivity index is 1.46. The fourth-order valence-electron chi connectivity index (χ4n) is 4.74. The lowest BCUT2D eigenvalue weighted by Gasteiger charge is -2.38. The number of ether oxygens (including phenoxy) is 2. The van der Waals surface area contributed by atoms with Crippen molar-refractivity contribution in [1.29, 1.82) is 0 Å². The first kappa shape index (κ1) is 23.1. The molecule has 1 aliphatic carbocycles. The summed E-state index contributed by atoms with van der Waals surface area (Å²) in [6.07, 6.45) is 9.84. The summed E-state index contributed by atoms with van der Waals surface area (Å²) in [5.74, 6) is 1.37. The first-order chi connectivity index (χ1) is 14.6. The van der Waals surface area contributed by atoms with Gasteiger partial charge in [-0.25, -0.2) is 0 Å². The lowest BCUT2D eigenvalue weighted by Crippen LogP contribution is -2.48. The van der Waals surface area contributed by atoms with Crippen LogP contribution in [-0.2, 0) is 9.53 Å². The van der Waals surface area contributed by atoms with Crippen LogP contribution in [0.3, 0.4) is 0 Å². The van der Waals surface area contributed by atoms with Gasteiger partial charge in [0.2, 0.25) is 0 Å². The molecule has 168 valence electrons. The number of amides is 1. The molecule has 1 heterocycles. The Labute approximate surface area is 182 Å². The fraction of sp³-hybridized carbons (Fsp3) is 0.720. The van der Waals surface area contributed by atoms with E-state index >= 15 is 0 Å². The van der Waals surface area contributed by atoms with Crippen molar-refractivity contribution in [2.24, 2.45) is 5.92 Å². The summed E-state index contributed by atoms with van der Waals surface area (Å²) in [6.45, 7) is 9.25. The first-order valence-corrected chi connectivity index (χ1v) is 12.0. The van der Waals surface area contributed by atoms with Gasteiger partial charge < -0.3 is 19.7 Å². The predicted octanol–water partition coefficient (Wildman–Crippen LogP) is 5.26. The maximum Gasteiger partial charge on any atom is 0.256 e. The topological polar surface area (TPSA) is 50.8 Å². The molecule has 1 aliphatic heterocycles. The van der Waals surface area contributed by atoms with Crippen LogP contribution in [0.2, 0.25) is 0 Å². The molecule has 0 aromatic heterocycles. The van der Waals surface area contributed by atoms with Crippen molar-refractivity contribution in [3.05, 3.63) is 24.3 Å². The van der Waals surface area contributed by atoms with Gasteiger partial charge in [0.1, 0.15) is 11.4 Å². The van der Waals surface area contributed by atoms with E-state index < -0.39 is 5.60 Å². The van der Waals surface area contributed by atoms with E-state index in [1.165, 1.54) is 38.8 Å². The number of likely N-dealkylation sites (tertiary alicyclic amines) is 1. The van der Waals surface area contributed by atoms with E-state index in [0.717, 1.165) is 56.7 Å². The zero-order valence-corrected chi connectivity index (χ0v) is 19.0. The normalized spacial score (nSPS) is 25.1. The molecule has 3 rings (SSSR count). The molecule has 1 amide bonds. The second-order valence-corrected chi connectivity index (χ2v) is 9.13. The highest BCUT2D eigenvalue weighted by atomic mass is 16.5. The van der Waals surface area contributed by atoms with Crippen LogP contribution in [0.25, 0.3) is 0 Å². The molecule has 5 heteroatoms. The van der Waals surface area contributed by atoms with Crippen molar-refractivity contribution in [1.82, 2.24) is 4.90 Å². The number of anilines is 1. The molecule has 30 heavy (non-hydrogen) atoms. The Morgan fingerprint density at radius 2 is 1.90 bits per heavy atom. The third-order valence-corrected chi connectivity index (χ3v) is 6.40. The van der Waals surface area contributed by atoms with Crippen molar-refractivity contribution in [3.63, 3.8) is 0 Å². The highest BCUT2D eigenvalue weighted by Gasteiger charge is 2.42. The van der Waals surface area contributed by atoms with Gasteiger partial charge in [-0.1, -0.05) is 26.7 Å². The number of nitrogens with one attached hydrogen (secondary N) is 1. The van der Waals surface area contributed by atoms with Gasteiger partial charge in [0.05, 0.1) is 6.61 Å². The smallest absolute Gasteiger partial charge is 0.256 e. The van der Waals surface area contributed by atoms with Crippen LogP contribution < -0.4 is 10.1 Å². The van der Waals surface area contributed by atoms with Crippen molar-refractivity contribution in [2.75, 3.05) is 38.2 Å². The molecule has 1 N–H and O–H groups in total. The summed E-state index contributed by atoms with van der Waals surface area (Å²) in [5.41, 5.74) is 0.121. The average Bonchev–Trinajstić information content (AvgIpc) is 2.77. The van der Waals surface area contributed by atoms with Crippen molar-refractivity contribution in [3.8, 4) is 5.75 Å². The Morgan fingerprint density at radius 1 is 1.13 bits per heavy atom. The molecule has 2 aliphatic rings. The van der Waals surface area contributed by atoms with Gasteiger partial charge in [-0.15, -0.1) is 0 Å². The zero-order chi connectivity index (χ0) is 21.2. The van der Waals surface area contributed by atoms with Gasteiger partial charge in [0, 0.05) is 18.8 Å². The molecule has 1 aromatic rings. The van der Waals surface area contributed by atoms with Crippen molar-refractivity contribution in [2.45, 2.75) is 77.2 Å². The van der Waals surface area contributed by atoms with Gasteiger partial charge in [0.15, 0.2) is 0 Å². The Hall–Kier alpha value is -1.59. The van der Waals surface area contributed by atoms with E-state index in [2.05, 4.69) is 24.1 Å². The van der Waals surface area contributed by atoms with Crippen LogP contribution >= 0.6 is 0 Å². The van der Waals surface area contributed by atoms with Crippen LogP contribution in [-0.4, -0.2) is 49.3 Å². The van der Waals surface area contributed by atoms with Gasteiger partial charge in [0.25, 0.3) is 5.91 Å². The quantitative estimate of drug-likeness (QED) is 0.529. The number of carbonyl (C=O) groups excluding carboxylic acids is 1. The third-order valence-electron chi connectivity index (χ3n) is 6.40. The van der Waals surface area contributed by atoms with E-state index in [4.69, 9.17) is 9.47 Å². The number of carbonyl (C=O) groups is 1. The Bertz CT molecular complexity index is 642. The maximum absolute atomic E-state index is 13.1. The molecule has 2 atom stereocenters. The van der Waals surface area contributed by atoms with E-state index in [9.17, 15) is 4.79 Å². The van der Waals surface area contributed by atoms with E-state index in [1.54, 1.807) is 0 Å².